The van der Waals surface area contributed by atoms with Crippen LogP contribution in [0.15, 0.2) is 11.1 Å². The predicted molar refractivity (Wildman–Crippen MR) is 144 cm³/mol. The zero-order valence-corrected chi connectivity index (χ0v) is 25.3. The average Bonchev–Trinajstić information content (AvgIpc) is 3.43. The number of nitrogens with one attached hydrogen (secondary N) is 2. The first kappa shape index (κ1) is 33.5. The van der Waals surface area contributed by atoms with E-state index < -0.39 is 81.9 Å². The number of aliphatic hydroxyl groups excluding tert-OH is 1. The minimum atomic E-state index is -4.99. The number of imidazole rings is 1. The van der Waals surface area contributed by atoms with Crippen LogP contribution in [0.4, 0.5) is 19.9 Å². The molecular weight excluding hydrogens is 620 g/mol. The van der Waals surface area contributed by atoms with E-state index in [9.17, 15) is 29.2 Å². The van der Waals surface area contributed by atoms with Crippen LogP contribution < -0.4 is 10.9 Å². The van der Waals surface area contributed by atoms with Crippen LogP contribution in [0.1, 0.15) is 49.1 Å². The standard InChI is InChI=1S/C23H35FN5O14P/c1-7-25-19-27-15-14(16(30)28-19)26-9-29(15)18-22(6,34)17(31)23(24,43-18)8-38-44(35,39-10-36-20(32)41-12(2)3)40-11-37-21(33)42-13(4)5/h9,12-13,17-18,31,34H,7-8,10-11H2,1-6H3,(H2,25,27,28,30)/t17-,18+,22+,23+/m0/s1/i1T. The molecule has 19 nitrogen and oxygen atoms in total. The molecule has 0 amide bonds. The first-order valence-corrected chi connectivity index (χ1v) is 14.4. The first-order valence-electron chi connectivity index (χ1n) is 13.7. The normalized spacial score (nSPS) is 24.0. The Morgan fingerprint density at radius 2 is 1.80 bits per heavy atom. The highest BCUT2D eigenvalue weighted by atomic mass is 31.2. The highest BCUT2D eigenvalue weighted by molar-refractivity contribution is 7.48. The first-order chi connectivity index (χ1) is 21.0. The smallest absolute Gasteiger partial charge is 0.432 e. The summed E-state index contributed by atoms with van der Waals surface area (Å²) in [6.45, 7) is 3.58. The molecule has 1 aliphatic rings. The molecule has 3 rings (SSSR count). The van der Waals surface area contributed by atoms with Crippen molar-refractivity contribution in [1.82, 2.24) is 19.5 Å². The van der Waals surface area contributed by atoms with Crippen molar-refractivity contribution in [1.29, 1.82) is 0 Å². The molecule has 1 saturated heterocycles. The molecule has 4 N–H and O–H groups in total. The highest BCUT2D eigenvalue weighted by Gasteiger charge is 2.64. The number of aromatic nitrogens is 4. The van der Waals surface area contributed by atoms with E-state index in [1.54, 1.807) is 0 Å². The van der Waals surface area contributed by atoms with Crippen molar-refractivity contribution in [3.63, 3.8) is 0 Å². The van der Waals surface area contributed by atoms with Gasteiger partial charge in [0.25, 0.3) is 11.4 Å². The topological polar surface area (TPSA) is 241 Å². The van der Waals surface area contributed by atoms with E-state index in [0.29, 0.717) is 0 Å². The van der Waals surface area contributed by atoms with Gasteiger partial charge in [-0.3, -0.25) is 18.9 Å². The number of alkyl halides is 1. The molecule has 2 aromatic heterocycles. The van der Waals surface area contributed by atoms with Gasteiger partial charge >= 0.3 is 20.1 Å². The summed E-state index contributed by atoms with van der Waals surface area (Å²) in [6, 6.07) is 0. The quantitative estimate of drug-likeness (QED) is 0.129. The molecule has 0 aromatic carbocycles. The number of halogens is 1. The van der Waals surface area contributed by atoms with E-state index in [1.165, 1.54) is 27.7 Å². The number of ether oxygens (including phenoxy) is 5. The second-order valence-corrected chi connectivity index (χ2v) is 11.6. The maximum absolute atomic E-state index is 16.1. The van der Waals surface area contributed by atoms with Crippen LogP contribution >= 0.6 is 7.82 Å². The number of phosphoric ester groups is 1. The van der Waals surface area contributed by atoms with Crippen LogP contribution in [-0.2, 0) is 41.8 Å². The number of carbonyl (C=O) groups is 2. The number of H-pyrrole nitrogens is 1. The fourth-order valence-electron chi connectivity index (χ4n) is 3.70. The van der Waals surface area contributed by atoms with Crippen molar-refractivity contribution in [2.45, 2.75) is 77.5 Å². The van der Waals surface area contributed by atoms with Gasteiger partial charge in [0.05, 0.1) is 18.5 Å². The summed E-state index contributed by atoms with van der Waals surface area (Å²) < 4.78 is 76.4. The molecule has 0 unspecified atom stereocenters. The molecule has 248 valence electrons. The zero-order valence-electron chi connectivity index (χ0n) is 25.4. The Morgan fingerprint density at radius 3 is 2.34 bits per heavy atom. The SMILES string of the molecule is [3H]CCNc1nc2c(ncn2[C@@H]2O[C@](F)(COP(=O)(OCOC(=O)OC(C)C)OCOC(=O)OC(C)C)[C@@H](O)[C@@]2(C)O)c(=O)[nH]1. The summed E-state index contributed by atoms with van der Waals surface area (Å²) >= 11 is 0. The van der Waals surface area contributed by atoms with Crippen LogP contribution in [0, 0.1) is 0 Å². The van der Waals surface area contributed by atoms with Gasteiger partial charge in [-0.1, -0.05) is 0 Å². The molecule has 4 atom stereocenters. The van der Waals surface area contributed by atoms with Crippen LogP contribution in [0.2, 0.25) is 0 Å². The zero-order chi connectivity index (χ0) is 33.6. The van der Waals surface area contributed by atoms with Gasteiger partial charge in [-0.15, -0.1) is 0 Å². The summed E-state index contributed by atoms with van der Waals surface area (Å²) in [4.78, 5) is 46.3. The molecule has 1 fully saturated rings. The van der Waals surface area contributed by atoms with E-state index in [0.717, 1.165) is 17.8 Å². The molecule has 0 radical (unpaired) electrons. The summed E-state index contributed by atoms with van der Waals surface area (Å²) in [5.74, 6) is -3.38. The minimum Gasteiger partial charge on any atom is -0.432 e. The Hall–Kier alpha value is -3.39. The van der Waals surface area contributed by atoms with Gasteiger partial charge in [-0.05, 0) is 41.5 Å². The number of hydrogen-bond donors (Lipinski definition) is 4. The number of anilines is 1. The molecule has 0 saturated carbocycles. The Labute approximate surface area is 250 Å². The third kappa shape index (κ3) is 8.40. The number of rotatable bonds is 14. The predicted octanol–water partition coefficient (Wildman–Crippen LogP) is 2.05. The lowest BCUT2D eigenvalue weighted by Crippen LogP contribution is -2.49. The van der Waals surface area contributed by atoms with E-state index in [2.05, 4.69) is 29.7 Å². The van der Waals surface area contributed by atoms with Gasteiger partial charge < -0.3 is 39.2 Å². The number of aromatic amines is 1. The van der Waals surface area contributed by atoms with E-state index in [-0.39, 0.29) is 30.6 Å². The van der Waals surface area contributed by atoms with Crippen LogP contribution in [0.3, 0.4) is 0 Å². The van der Waals surface area contributed by atoms with Crippen LogP contribution in [0.25, 0.3) is 11.2 Å². The summed E-state index contributed by atoms with van der Waals surface area (Å²) in [5, 5.41) is 24.6. The van der Waals surface area contributed by atoms with E-state index in [4.69, 9.17) is 29.2 Å². The average molecular weight is 658 g/mol. The summed E-state index contributed by atoms with van der Waals surface area (Å²) in [6.07, 6.45) is -6.75. The maximum Gasteiger partial charge on any atom is 0.510 e. The van der Waals surface area contributed by atoms with Crippen molar-refractivity contribution in [2.75, 3.05) is 32.1 Å². The molecule has 0 spiro atoms. The maximum atomic E-state index is 16.1. The molecule has 1 aliphatic heterocycles. The lowest BCUT2D eigenvalue weighted by atomic mass is 9.95. The van der Waals surface area contributed by atoms with Crippen molar-refractivity contribution in [2.24, 2.45) is 0 Å². The van der Waals surface area contributed by atoms with Gasteiger partial charge in [0.15, 0.2) is 17.4 Å². The van der Waals surface area contributed by atoms with Gasteiger partial charge in [0.2, 0.25) is 19.5 Å². The van der Waals surface area contributed by atoms with Crippen LogP contribution in [0.5, 0.6) is 0 Å². The summed E-state index contributed by atoms with van der Waals surface area (Å²) in [5.41, 5.74) is -3.54. The second kappa shape index (κ2) is 14.1. The molecule has 0 aliphatic carbocycles. The Morgan fingerprint density at radius 1 is 1.20 bits per heavy atom. The summed E-state index contributed by atoms with van der Waals surface area (Å²) in [7, 11) is -4.99. The monoisotopic (exact) mass is 657 g/mol. The van der Waals surface area contributed by atoms with Crippen molar-refractivity contribution < 1.29 is 67.4 Å². The van der Waals surface area contributed by atoms with Crippen molar-refractivity contribution in [3.8, 4) is 0 Å². The minimum absolute atomic E-state index is 0.0440. The number of hydrogen-bond acceptors (Lipinski definition) is 17. The second-order valence-electron chi connectivity index (χ2n) is 9.89. The fraction of sp³-hybridized carbons (Fsp3) is 0.696. The lowest BCUT2D eigenvalue weighted by Gasteiger charge is -2.28. The third-order valence-electron chi connectivity index (χ3n) is 5.61. The van der Waals surface area contributed by atoms with E-state index in [1.807, 2.05) is 0 Å². The molecule has 0 bridgehead atoms. The fourth-order valence-corrected chi connectivity index (χ4v) is 4.62. The molecule has 3 heterocycles. The number of nitrogens with zero attached hydrogens (tertiary/aromatic N) is 3. The molecule has 2 aromatic rings. The van der Waals surface area contributed by atoms with Gasteiger partial charge in [-0.2, -0.15) is 4.98 Å². The Bertz CT molecular complexity index is 1410. The highest BCUT2D eigenvalue weighted by Crippen LogP contribution is 2.53. The third-order valence-corrected chi connectivity index (χ3v) is 6.89. The number of carbonyl (C=O) groups excluding carboxylic acids is 2. The molecular formula is C23H35FN5O14P. The number of fused-ring (bicyclic) bond motifs is 1. The van der Waals surface area contributed by atoms with Crippen molar-refractivity contribution in [3.05, 3.63) is 16.7 Å². The largest absolute Gasteiger partial charge is 0.510 e. The van der Waals surface area contributed by atoms with Gasteiger partial charge in [0.1, 0.15) is 18.3 Å². The van der Waals surface area contributed by atoms with Crippen LogP contribution in [-0.4, -0.2) is 98.5 Å². The molecule has 44 heavy (non-hydrogen) atoms. The van der Waals surface area contributed by atoms with Gasteiger partial charge in [-0.25, -0.2) is 32.6 Å². The van der Waals surface area contributed by atoms with Crippen molar-refractivity contribution >= 4 is 37.2 Å². The molecule has 21 heteroatoms. The van der Waals surface area contributed by atoms with E-state index >= 15 is 4.39 Å². The lowest BCUT2D eigenvalue weighted by molar-refractivity contribution is -0.205. The van der Waals surface area contributed by atoms with Gasteiger partial charge in [0, 0.05) is 7.92 Å². The Kier molecular flexibility index (Phi) is 10.8. The Balaban J connectivity index is 1.80. The number of aliphatic hydroxyl groups is 2. The number of phosphoric acid groups is 1.